The fraction of sp³-hybridized carbons (Fsp3) is 1.00. The van der Waals surface area contributed by atoms with Crippen molar-refractivity contribution in [3.63, 3.8) is 0 Å². The van der Waals surface area contributed by atoms with Gasteiger partial charge in [-0.05, 0) is 98.7 Å². The SMILES string of the molecule is CC(OC1C2CC3CC2CC31)C12CC3CC1CC3C2. The second-order valence-corrected chi connectivity index (χ2v) is 9.13. The van der Waals surface area contributed by atoms with Gasteiger partial charge in [-0.1, -0.05) is 0 Å². The van der Waals surface area contributed by atoms with Crippen molar-refractivity contribution in [1.82, 2.24) is 0 Å². The molecule has 1 nitrogen and oxygen atoms in total. The zero-order valence-corrected chi connectivity index (χ0v) is 12.1. The van der Waals surface area contributed by atoms with Crippen molar-refractivity contribution in [3.8, 4) is 0 Å². The highest BCUT2D eigenvalue weighted by Crippen LogP contribution is 2.72. The predicted octanol–water partition coefficient (Wildman–Crippen LogP) is 3.87. The van der Waals surface area contributed by atoms with Gasteiger partial charge in [0, 0.05) is 0 Å². The lowest BCUT2D eigenvalue weighted by atomic mass is 9.76. The Kier molecular flexibility index (Phi) is 1.73. The molecule has 8 fully saturated rings. The Morgan fingerprint density at radius 2 is 1.47 bits per heavy atom. The van der Waals surface area contributed by atoms with Gasteiger partial charge in [0.05, 0.1) is 12.2 Å². The van der Waals surface area contributed by atoms with Crippen molar-refractivity contribution >= 4 is 0 Å². The first kappa shape index (κ1) is 10.7. The molecule has 0 aromatic carbocycles. The molecule has 7 unspecified atom stereocenters. The Morgan fingerprint density at radius 3 is 1.95 bits per heavy atom. The highest BCUT2D eigenvalue weighted by molar-refractivity contribution is 5.15. The lowest BCUT2D eigenvalue weighted by Crippen LogP contribution is -2.39. The third-order valence-electron chi connectivity index (χ3n) is 8.92. The Labute approximate surface area is 116 Å². The van der Waals surface area contributed by atoms with Gasteiger partial charge in [-0.3, -0.25) is 0 Å². The molecule has 0 aromatic rings. The molecule has 0 aliphatic heterocycles. The van der Waals surface area contributed by atoms with Crippen LogP contribution in [0, 0.1) is 46.8 Å². The van der Waals surface area contributed by atoms with E-state index in [1.165, 1.54) is 25.7 Å². The second kappa shape index (κ2) is 3.08. The molecule has 0 N–H and O–H groups in total. The monoisotopic (exact) mass is 258 g/mol. The quantitative estimate of drug-likeness (QED) is 0.746. The van der Waals surface area contributed by atoms with Crippen LogP contribution >= 0.6 is 0 Å². The average Bonchev–Trinajstić information content (AvgIpc) is 3.18. The van der Waals surface area contributed by atoms with Crippen LogP contribution < -0.4 is 0 Å². The van der Waals surface area contributed by atoms with Crippen LogP contribution in [0.5, 0.6) is 0 Å². The van der Waals surface area contributed by atoms with Crippen molar-refractivity contribution in [2.24, 2.45) is 46.8 Å². The molecular formula is C18H26O. The summed E-state index contributed by atoms with van der Waals surface area (Å²) in [5.74, 6) is 7.34. The van der Waals surface area contributed by atoms with Crippen LogP contribution in [-0.2, 0) is 4.74 Å². The second-order valence-electron chi connectivity index (χ2n) is 9.13. The van der Waals surface area contributed by atoms with Crippen molar-refractivity contribution in [3.05, 3.63) is 0 Å². The summed E-state index contributed by atoms with van der Waals surface area (Å²) >= 11 is 0. The summed E-state index contributed by atoms with van der Waals surface area (Å²) < 4.78 is 6.80. The molecule has 0 radical (unpaired) electrons. The third kappa shape index (κ3) is 1.05. The summed E-state index contributed by atoms with van der Waals surface area (Å²) in [6.07, 6.45) is 12.0. The first-order chi connectivity index (χ1) is 9.24. The molecule has 1 heteroatoms. The summed E-state index contributed by atoms with van der Waals surface area (Å²) in [7, 11) is 0. The van der Waals surface area contributed by atoms with Crippen LogP contribution in [0.2, 0.25) is 0 Å². The Morgan fingerprint density at radius 1 is 0.842 bits per heavy atom. The molecule has 0 spiro atoms. The van der Waals surface area contributed by atoms with E-state index in [1.807, 2.05) is 0 Å². The zero-order chi connectivity index (χ0) is 12.4. The molecule has 8 bridgehead atoms. The summed E-state index contributed by atoms with van der Waals surface area (Å²) in [5.41, 5.74) is 0.640. The van der Waals surface area contributed by atoms with E-state index in [1.54, 1.807) is 19.3 Å². The maximum atomic E-state index is 6.80. The minimum Gasteiger partial charge on any atom is -0.374 e. The van der Waals surface area contributed by atoms with E-state index in [0.29, 0.717) is 17.6 Å². The van der Waals surface area contributed by atoms with Gasteiger partial charge in [0.25, 0.3) is 0 Å². The van der Waals surface area contributed by atoms with Crippen molar-refractivity contribution in [2.45, 2.75) is 64.1 Å². The highest BCUT2D eigenvalue weighted by atomic mass is 16.5. The molecule has 0 aromatic heterocycles. The molecule has 8 aliphatic rings. The van der Waals surface area contributed by atoms with Gasteiger partial charge < -0.3 is 4.74 Å². The molecule has 104 valence electrons. The standard InChI is InChI=1S/C18H26O/c1-9(18-7-12-3-14(18)4-13(12)8-18)19-17-15-5-10-2-11(15)6-16(10)17/h9-17H,2-8H2,1H3. The fourth-order valence-corrected chi connectivity index (χ4v) is 8.30. The van der Waals surface area contributed by atoms with Crippen LogP contribution in [0.25, 0.3) is 0 Å². The highest BCUT2D eigenvalue weighted by Gasteiger charge is 2.66. The van der Waals surface area contributed by atoms with Crippen LogP contribution in [-0.4, -0.2) is 12.2 Å². The Balaban J connectivity index is 1.26. The molecule has 0 amide bonds. The van der Waals surface area contributed by atoms with Crippen molar-refractivity contribution in [1.29, 1.82) is 0 Å². The van der Waals surface area contributed by atoms with Gasteiger partial charge in [-0.2, -0.15) is 0 Å². The van der Waals surface area contributed by atoms with E-state index in [-0.39, 0.29) is 0 Å². The van der Waals surface area contributed by atoms with Gasteiger partial charge in [-0.25, -0.2) is 0 Å². The van der Waals surface area contributed by atoms with Crippen LogP contribution in [0.15, 0.2) is 0 Å². The third-order valence-corrected chi connectivity index (χ3v) is 8.92. The maximum Gasteiger partial charge on any atom is 0.0640 e. The summed E-state index contributed by atoms with van der Waals surface area (Å²) in [6, 6.07) is 0. The predicted molar refractivity (Wildman–Crippen MR) is 73.5 cm³/mol. The van der Waals surface area contributed by atoms with E-state index in [2.05, 4.69) is 6.92 Å². The van der Waals surface area contributed by atoms with Crippen LogP contribution in [0.3, 0.4) is 0 Å². The summed E-state index contributed by atoms with van der Waals surface area (Å²) in [6.45, 7) is 2.45. The molecule has 8 saturated carbocycles. The van der Waals surface area contributed by atoms with Gasteiger partial charge in [0.15, 0.2) is 0 Å². The largest absolute Gasteiger partial charge is 0.374 e. The minimum atomic E-state index is 0.570. The molecule has 8 aliphatic carbocycles. The summed E-state index contributed by atoms with van der Waals surface area (Å²) in [4.78, 5) is 0. The first-order valence-corrected chi connectivity index (χ1v) is 8.90. The minimum absolute atomic E-state index is 0.570. The average molecular weight is 258 g/mol. The van der Waals surface area contributed by atoms with E-state index in [9.17, 15) is 0 Å². The summed E-state index contributed by atoms with van der Waals surface area (Å²) in [5, 5.41) is 0. The lowest BCUT2D eigenvalue weighted by molar-refractivity contribution is -0.102. The van der Waals surface area contributed by atoms with E-state index < -0.39 is 0 Å². The van der Waals surface area contributed by atoms with Gasteiger partial charge in [0.2, 0.25) is 0 Å². The molecular weight excluding hydrogens is 232 g/mol. The maximum absolute atomic E-state index is 6.80. The van der Waals surface area contributed by atoms with Crippen LogP contribution in [0.4, 0.5) is 0 Å². The zero-order valence-electron chi connectivity index (χ0n) is 12.1. The lowest BCUT2D eigenvalue weighted by Gasteiger charge is -2.38. The van der Waals surface area contributed by atoms with E-state index >= 15 is 0 Å². The smallest absolute Gasteiger partial charge is 0.0640 e. The molecule has 0 saturated heterocycles. The number of hydrogen-bond acceptors (Lipinski definition) is 1. The first-order valence-electron chi connectivity index (χ1n) is 8.90. The molecule has 19 heavy (non-hydrogen) atoms. The Bertz CT molecular complexity index is 413. The number of ether oxygens (including phenoxy) is 1. The molecule has 8 rings (SSSR count). The molecule has 0 heterocycles. The van der Waals surface area contributed by atoms with Gasteiger partial charge >= 0.3 is 0 Å². The van der Waals surface area contributed by atoms with Gasteiger partial charge in [-0.15, -0.1) is 0 Å². The van der Waals surface area contributed by atoms with Gasteiger partial charge in [0.1, 0.15) is 0 Å². The number of rotatable bonds is 3. The van der Waals surface area contributed by atoms with Crippen molar-refractivity contribution < 1.29 is 4.74 Å². The fourth-order valence-electron chi connectivity index (χ4n) is 8.30. The van der Waals surface area contributed by atoms with Crippen LogP contribution in [0.1, 0.15) is 51.9 Å². The van der Waals surface area contributed by atoms with E-state index in [0.717, 1.165) is 41.4 Å². The normalized spacial score (nSPS) is 68.1. The topological polar surface area (TPSA) is 9.23 Å². The van der Waals surface area contributed by atoms with Crippen molar-refractivity contribution in [2.75, 3.05) is 0 Å². The Hall–Kier alpha value is -0.0400. The van der Waals surface area contributed by atoms with E-state index in [4.69, 9.17) is 4.74 Å². The molecule has 7 atom stereocenters. The number of hydrogen-bond donors (Lipinski definition) is 0.